The van der Waals surface area contributed by atoms with Gasteiger partial charge in [0.2, 0.25) is 0 Å². The second-order valence-electron chi connectivity index (χ2n) is 4.64. The van der Waals surface area contributed by atoms with Gasteiger partial charge in [-0.3, -0.25) is 4.79 Å². The zero-order chi connectivity index (χ0) is 14.0. The fourth-order valence-corrected chi connectivity index (χ4v) is 1.66. The van der Waals surface area contributed by atoms with Gasteiger partial charge in [-0.1, -0.05) is 23.7 Å². The Morgan fingerprint density at radius 3 is 2.17 bits per heavy atom. The number of hydrogen-bond acceptors (Lipinski definition) is 1. The first-order valence-electron chi connectivity index (χ1n) is 5.24. The minimum absolute atomic E-state index is 0.284. The molecule has 1 aromatic carbocycles. The molecule has 1 rings (SSSR count). The van der Waals surface area contributed by atoms with Crippen LogP contribution in [0.1, 0.15) is 19.4 Å². The molecule has 0 aliphatic carbocycles. The molecular weight excluding hydrogens is 267 g/mol. The molecule has 0 atom stereocenters. The van der Waals surface area contributed by atoms with Crippen molar-refractivity contribution in [1.82, 2.24) is 5.32 Å². The van der Waals surface area contributed by atoms with Crippen LogP contribution in [0.25, 0.3) is 0 Å². The third-order valence-electron chi connectivity index (χ3n) is 2.27. The highest BCUT2D eigenvalue weighted by Gasteiger charge is 2.41. The molecule has 1 N–H and O–H groups in total. The van der Waals surface area contributed by atoms with Crippen molar-refractivity contribution in [1.29, 1.82) is 0 Å². The van der Waals surface area contributed by atoms with E-state index in [0.717, 1.165) is 5.56 Å². The van der Waals surface area contributed by atoms with Crippen molar-refractivity contribution >= 4 is 17.5 Å². The van der Waals surface area contributed by atoms with E-state index in [1.165, 1.54) is 13.8 Å². The van der Waals surface area contributed by atoms with Gasteiger partial charge >= 0.3 is 12.1 Å². The number of amides is 1. The van der Waals surface area contributed by atoms with Crippen molar-refractivity contribution in [2.24, 2.45) is 0 Å². The molecule has 0 unspecified atom stereocenters. The van der Waals surface area contributed by atoms with Gasteiger partial charge in [0, 0.05) is 10.6 Å². The van der Waals surface area contributed by atoms with Crippen LogP contribution in [0.2, 0.25) is 5.02 Å². The quantitative estimate of drug-likeness (QED) is 0.903. The molecule has 2 nitrogen and oxygen atoms in total. The van der Waals surface area contributed by atoms with E-state index in [9.17, 15) is 18.0 Å². The molecule has 100 valence electrons. The van der Waals surface area contributed by atoms with E-state index in [-0.39, 0.29) is 6.42 Å². The van der Waals surface area contributed by atoms with E-state index >= 15 is 0 Å². The van der Waals surface area contributed by atoms with Gasteiger partial charge in [-0.15, -0.1) is 0 Å². The molecule has 1 aromatic rings. The van der Waals surface area contributed by atoms with Crippen molar-refractivity contribution in [2.75, 3.05) is 0 Å². The SMILES string of the molecule is CC(C)(Cc1ccc(Cl)cc1)NC(=O)C(F)(F)F. The highest BCUT2D eigenvalue weighted by Crippen LogP contribution is 2.19. The van der Waals surface area contributed by atoms with Gasteiger partial charge in [0.15, 0.2) is 0 Å². The van der Waals surface area contributed by atoms with Gasteiger partial charge in [0.05, 0.1) is 0 Å². The number of hydrogen-bond donors (Lipinski definition) is 1. The summed E-state index contributed by atoms with van der Waals surface area (Å²) in [6, 6.07) is 6.73. The second kappa shape index (κ2) is 5.18. The van der Waals surface area contributed by atoms with Crippen LogP contribution in [0.3, 0.4) is 0 Å². The number of alkyl halides is 3. The summed E-state index contributed by atoms with van der Waals surface area (Å²) in [7, 11) is 0. The average molecular weight is 280 g/mol. The van der Waals surface area contributed by atoms with Crippen LogP contribution in [-0.4, -0.2) is 17.6 Å². The summed E-state index contributed by atoms with van der Waals surface area (Å²) in [5, 5.41) is 2.51. The molecule has 0 saturated carbocycles. The maximum absolute atomic E-state index is 12.1. The highest BCUT2D eigenvalue weighted by molar-refractivity contribution is 6.30. The average Bonchev–Trinajstić information content (AvgIpc) is 2.19. The van der Waals surface area contributed by atoms with E-state index in [0.29, 0.717) is 5.02 Å². The Morgan fingerprint density at radius 2 is 1.72 bits per heavy atom. The molecule has 0 radical (unpaired) electrons. The lowest BCUT2D eigenvalue weighted by molar-refractivity contribution is -0.175. The summed E-state index contributed by atoms with van der Waals surface area (Å²) in [4.78, 5) is 10.9. The lowest BCUT2D eigenvalue weighted by Crippen LogP contribution is -2.50. The molecule has 18 heavy (non-hydrogen) atoms. The third kappa shape index (κ3) is 4.56. The zero-order valence-electron chi connectivity index (χ0n) is 9.94. The van der Waals surface area contributed by atoms with Crippen molar-refractivity contribution in [3.63, 3.8) is 0 Å². The highest BCUT2D eigenvalue weighted by atomic mass is 35.5. The summed E-state index contributed by atoms with van der Waals surface area (Å²) in [6.45, 7) is 3.07. The monoisotopic (exact) mass is 279 g/mol. The van der Waals surface area contributed by atoms with Crippen LogP contribution in [0.5, 0.6) is 0 Å². The molecule has 0 heterocycles. The summed E-state index contributed by atoms with van der Waals surface area (Å²) >= 11 is 5.71. The fourth-order valence-electron chi connectivity index (χ4n) is 1.53. The first-order chi connectivity index (χ1) is 8.10. The van der Waals surface area contributed by atoms with Gasteiger partial charge in [0.25, 0.3) is 0 Å². The van der Waals surface area contributed by atoms with Crippen LogP contribution in [0.4, 0.5) is 13.2 Å². The second-order valence-corrected chi connectivity index (χ2v) is 5.08. The topological polar surface area (TPSA) is 29.1 Å². The van der Waals surface area contributed by atoms with Crippen molar-refractivity contribution in [2.45, 2.75) is 32.0 Å². The Balaban J connectivity index is 2.70. The summed E-state index contributed by atoms with van der Waals surface area (Å²) in [5.41, 5.74) is -0.188. The Bertz CT molecular complexity index is 426. The number of halogens is 4. The molecule has 0 fully saturated rings. The van der Waals surface area contributed by atoms with Crippen LogP contribution >= 0.6 is 11.6 Å². The molecule has 6 heteroatoms. The fraction of sp³-hybridized carbons (Fsp3) is 0.417. The summed E-state index contributed by atoms with van der Waals surface area (Å²) in [5.74, 6) is -1.93. The summed E-state index contributed by atoms with van der Waals surface area (Å²) in [6.07, 6.45) is -4.58. The zero-order valence-corrected chi connectivity index (χ0v) is 10.7. The smallest absolute Gasteiger partial charge is 0.343 e. The Morgan fingerprint density at radius 1 is 1.22 bits per heavy atom. The number of carbonyl (C=O) groups excluding carboxylic acids is 1. The Kier molecular flexibility index (Phi) is 4.27. The van der Waals surface area contributed by atoms with Crippen molar-refractivity contribution in [3.05, 3.63) is 34.9 Å². The molecule has 0 bridgehead atoms. The first kappa shape index (κ1) is 14.8. The van der Waals surface area contributed by atoms with Gasteiger partial charge in [-0.05, 0) is 38.0 Å². The van der Waals surface area contributed by atoms with Crippen molar-refractivity contribution < 1.29 is 18.0 Å². The number of rotatable bonds is 3. The predicted octanol–water partition coefficient (Wildman–Crippen LogP) is 3.34. The van der Waals surface area contributed by atoms with Gasteiger partial charge in [-0.2, -0.15) is 13.2 Å². The van der Waals surface area contributed by atoms with Crippen LogP contribution in [-0.2, 0) is 11.2 Å². The maximum atomic E-state index is 12.1. The van der Waals surface area contributed by atoms with Crippen LogP contribution < -0.4 is 5.32 Å². The van der Waals surface area contributed by atoms with Gasteiger partial charge in [-0.25, -0.2) is 0 Å². The van der Waals surface area contributed by atoms with Crippen molar-refractivity contribution in [3.8, 4) is 0 Å². The maximum Gasteiger partial charge on any atom is 0.471 e. The van der Waals surface area contributed by atoms with E-state index in [2.05, 4.69) is 0 Å². The summed E-state index contributed by atoms with van der Waals surface area (Å²) < 4.78 is 36.4. The largest absolute Gasteiger partial charge is 0.471 e. The Labute approximate surface area is 108 Å². The van der Waals surface area contributed by atoms with E-state index < -0.39 is 17.6 Å². The van der Waals surface area contributed by atoms with E-state index in [4.69, 9.17) is 11.6 Å². The minimum atomic E-state index is -4.86. The van der Waals surface area contributed by atoms with Gasteiger partial charge < -0.3 is 5.32 Å². The lowest BCUT2D eigenvalue weighted by Gasteiger charge is -2.27. The molecule has 0 saturated heterocycles. The number of nitrogens with one attached hydrogen (secondary N) is 1. The van der Waals surface area contributed by atoms with Gasteiger partial charge in [0.1, 0.15) is 0 Å². The molecule has 0 aliphatic rings. The molecule has 0 aliphatic heterocycles. The van der Waals surface area contributed by atoms with Crippen LogP contribution in [0.15, 0.2) is 24.3 Å². The molecular formula is C12H13ClF3NO. The predicted molar refractivity (Wildman–Crippen MR) is 63.4 cm³/mol. The van der Waals surface area contributed by atoms with E-state index in [1.54, 1.807) is 24.3 Å². The van der Waals surface area contributed by atoms with E-state index in [1.807, 2.05) is 5.32 Å². The Hall–Kier alpha value is -1.23. The number of benzene rings is 1. The normalized spacial score (nSPS) is 12.3. The molecule has 0 aromatic heterocycles. The number of carbonyl (C=O) groups is 1. The minimum Gasteiger partial charge on any atom is -0.343 e. The molecule has 0 spiro atoms. The third-order valence-corrected chi connectivity index (χ3v) is 2.52. The lowest BCUT2D eigenvalue weighted by atomic mass is 9.95. The standard InChI is InChI=1S/C12H13ClF3NO/c1-11(2,17-10(18)12(14,15)16)7-8-3-5-9(13)6-4-8/h3-6H,7H2,1-2H3,(H,17,18). The first-order valence-corrected chi connectivity index (χ1v) is 5.62. The molecule has 1 amide bonds. The van der Waals surface area contributed by atoms with Crippen LogP contribution in [0, 0.1) is 0 Å².